The van der Waals surface area contributed by atoms with Crippen molar-refractivity contribution in [2.45, 2.75) is 12.8 Å². The van der Waals surface area contributed by atoms with Gasteiger partial charge in [-0.1, -0.05) is 17.8 Å². The van der Waals surface area contributed by atoms with Gasteiger partial charge in [-0.05, 0) is 36.8 Å². The molecular weight excluding hydrogens is 362 g/mol. The summed E-state index contributed by atoms with van der Waals surface area (Å²) in [4.78, 5) is 13.6. The smallest absolute Gasteiger partial charge is 0.337 e. The van der Waals surface area contributed by atoms with E-state index in [1.807, 2.05) is 35.9 Å². The lowest BCUT2D eigenvalue weighted by molar-refractivity contribution is -0.138. The highest BCUT2D eigenvalue weighted by Crippen LogP contribution is 2.53. The molecular formula is C17H17NO3S3. The molecule has 0 aliphatic carbocycles. The zero-order valence-corrected chi connectivity index (χ0v) is 15.7. The van der Waals surface area contributed by atoms with E-state index < -0.39 is 0 Å². The molecule has 0 aromatic carbocycles. The Morgan fingerprint density at radius 3 is 2.83 bits per heavy atom. The van der Waals surface area contributed by atoms with E-state index in [0.717, 1.165) is 20.4 Å². The van der Waals surface area contributed by atoms with Crippen LogP contribution in [0, 0.1) is 0 Å². The minimum Gasteiger partial charge on any atom is -0.465 e. The van der Waals surface area contributed by atoms with Crippen LogP contribution in [0.15, 0.2) is 55.2 Å². The van der Waals surface area contributed by atoms with Gasteiger partial charge < -0.3 is 14.9 Å². The van der Waals surface area contributed by atoms with Crippen molar-refractivity contribution in [2.24, 2.45) is 5.73 Å². The lowest BCUT2D eigenvalue weighted by Gasteiger charge is -2.28. The van der Waals surface area contributed by atoms with E-state index >= 15 is 0 Å². The zero-order chi connectivity index (χ0) is 17.1. The highest BCUT2D eigenvalue weighted by atomic mass is 32.2. The van der Waals surface area contributed by atoms with Crippen LogP contribution in [0.4, 0.5) is 0 Å². The number of hydrogen-bond acceptors (Lipinski definition) is 7. The van der Waals surface area contributed by atoms with E-state index in [1.165, 1.54) is 11.8 Å². The quantitative estimate of drug-likeness (QED) is 0.764. The van der Waals surface area contributed by atoms with Crippen LogP contribution in [-0.4, -0.2) is 18.8 Å². The Morgan fingerprint density at radius 1 is 1.42 bits per heavy atom. The van der Waals surface area contributed by atoms with Crippen LogP contribution in [0.1, 0.15) is 23.5 Å². The molecule has 0 radical (unpaired) electrons. The SMILES string of the molecule is CCOC(=O)C1=C(N)SC(SC)=C(c2ccco2)C1c1cccs1. The maximum absolute atomic E-state index is 12.6. The average molecular weight is 380 g/mol. The molecule has 2 aromatic heterocycles. The fourth-order valence-corrected chi connectivity index (χ4v) is 5.33. The Balaban J connectivity index is 2.19. The molecule has 0 amide bonds. The van der Waals surface area contributed by atoms with Crippen molar-refractivity contribution < 1.29 is 13.9 Å². The number of hydrogen-bond donors (Lipinski definition) is 1. The van der Waals surface area contributed by atoms with E-state index in [-0.39, 0.29) is 11.9 Å². The van der Waals surface area contributed by atoms with Gasteiger partial charge in [0, 0.05) is 10.5 Å². The molecule has 0 fully saturated rings. The number of rotatable bonds is 5. The number of thiophene rings is 1. The number of allylic oxidation sites excluding steroid dienone is 1. The molecule has 0 saturated heterocycles. The first-order valence-corrected chi connectivity index (χ1v) is 10.3. The summed E-state index contributed by atoms with van der Waals surface area (Å²) in [7, 11) is 0. The fraction of sp³-hybridized carbons (Fsp3) is 0.235. The first-order chi connectivity index (χ1) is 11.7. The Bertz CT molecular complexity index is 776. The lowest BCUT2D eigenvalue weighted by atomic mass is 9.88. The summed E-state index contributed by atoms with van der Waals surface area (Å²) in [6.45, 7) is 2.11. The minimum absolute atomic E-state index is 0.279. The highest BCUT2D eigenvalue weighted by Gasteiger charge is 2.38. The molecule has 1 aliphatic heterocycles. The molecule has 1 aliphatic rings. The van der Waals surface area contributed by atoms with Gasteiger partial charge >= 0.3 is 5.97 Å². The number of thioether (sulfide) groups is 2. The molecule has 24 heavy (non-hydrogen) atoms. The molecule has 3 rings (SSSR count). The predicted molar refractivity (Wildman–Crippen MR) is 102 cm³/mol. The van der Waals surface area contributed by atoms with Crippen LogP contribution in [-0.2, 0) is 9.53 Å². The van der Waals surface area contributed by atoms with Gasteiger partial charge in [0.2, 0.25) is 0 Å². The Kier molecular flexibility index (Phi) is 5.43. The molecule has 126 valence electrons. The molecule has 0 saturated carbocycles. The number of carbonyl (C=O) groups is 1. The normalized spacial score (nSPS) is 18.2. The van der Waals surface area contributed by atoms with Crippen LogP contribution in [0.25, 0.3) is 5.57 Å². The van der Waals surface area contributed by atoms with Crippen LogP contribution < -0.4 is 5.73 Å². The van der Waals surface area contributed by atoms with Crippen LogP contribution >= 0.6 is 34.9 Å². The zero-order valence-electron chi connectivity index (χ0n) is 13.3. The van der Waals surface area contributed by atoms with Crippen molar-refractivity contribution in [1.29, 1.82) is 0 Å². The predicted octanol–water partition coefficient (Wildman–Crippen LogP) is 4.64. The van der Waals surface area contributed by atoms with Gasteiger partial charge in [-0.25, -0.2) is 4.79 Å². The van der Waals surface area contributed by atoms with Gasteiger partial charge in [0.15, 0.2) is 0 Å². The monoisotopic (exact) mass is 379 g/mol. The van der Waals surface area contributed by atoms with Gasteiger partial charge in [-0.2, -0.15) is 0 Å². The first kappa shape index (κ1) is 17.3. The fourth-order valence-electron chi connectivity index (χ4n) is 2.61. The van der Waals surface area contributed by atoms with Crippen LogP contribution in [0.5, 0.6) is 0 Å². The molecule has 4 nitrogen and oxygen atoms in total. The van der Waals surface area contributed by atoms with Crippen molar-refractivity contribution >= 4 is 46.4 Å². The molecule has 3 heterocycles. The summed E-state index contributed by atoms with van der Waals surface area (Å²) in [5, 5.41) is 2.49. The largest absolute Gasteiger partial charge is 0.465 e. The second kappa shape index (κ2) is 7.55. The third-order valence-electron chi connectivity index (χ3n) is 3.56. The topological polar surface area (TPSA) is 65.5 Å². The van der Waals surface area contributed by atoms with Gasteiger partial charge in [0.25, 0.3) is 0 Å². The van der Waals surface area contributed by atoms with E-state index in [0.29, 0.717) is 17.2 Å². The van der Waals surface area contributed by atoms with Crippen molar-refractivity contribution in [3.05, 3.63) is 61.4 Å². The van der Waals surface area contributed by atoms with E-state index in [4.69, 9.17) is 14.9 Å². The molecule has 1 atom stereocenters. The van der Waals surface area contributed by atoms with Gasteiger partial charge in [0.1, 0.15) is 5.76 Å². The molecule has 2 aromatic rings. The summed E-state index contributed by atoms with van der Waals surface area (Å²) >= 11 is 4.60. The van der Waals surface area contributed by atoms with E-state index in [1.54, 1.807) is 36.3 Å². The van der Waals surface area contributed by atoms with Crippen molar-refractivity contribution in [3.8, 4) is 0 Å². The number of nitrogens with two attached hydrogens (primary N) is 1. The first-order valence-electron chi connectivity index (χ1n) is 7.37. The second-order valence-electron chi connectivity index (χ2n) is 4.93. The average Bonchev–Trinajstić information content (AvgIpc) is 3.27. The molecule has 0 bridgehead atoms. The molecule has 7 heteroatoms. The molecule has 1 unspecified atom stereocenters. The lowest BCUT2D eigenvalue weighted by Crippen LogP contribution is -2.22. The van der Waals surface area contributed by atoms with Crippen molar-refractivity contribution in [2.75, 3.05) is 12.9 Å². The summed E-state index contributed by atoms with van der Waals surface area (Å²) in [6.07, 6.45) is 3.64. The summed E-state index contributed by atoms with van der Waals surface area (Å²) < 4.78 is 12.0. The minimum atomic E-state index is -0.370. The number of esters is 1. The summed E-state index contributed by atoms with van der Waals surface area (Å²) in [5.74, 6) is 0.101. The van der Waals surface area contributed by atoms with Gasteiger partial charge in [0.05, 0.1) is 33.6 Å². The van der Waals surface area contributed by atoms with Crippen molar-refractivity contribution in [1.82, 2.24) is 0 Å². The highest BCUT2D eigenvalue weighted by molar-refractivity contribution is 8.24. The standard InChI is InChI=1S/C17H17NO3S3/c1-3-20-16(19)14-13(11-7-5-9-23-11)12(10-6-4-8-21-10)17(22-2)24-15(14)18/h4-9,13H,3,18H2,1-2H3. The maximum atomic E-state index is 12.6. The summed E-state index contributed by atoms with van der Waals surface area (Å²) in [5.41, 5.74) is 7.72. The van der Waals surface area contributed by atoms with Crippen LogP contribution in [0.2, 0.25) is 0 Å². The third-order valence-corrected chi connectivity index (χ3v) is 6.68. The van der Waals surface area contributed by atoms with Crippen LogP contribution in [0.3, 0.4) is 0 Å². The second-order valence-corrected chi connectivity index (χ2v) is 8.04. The molecule has 0 spiro atoms. The van der Waals surface area contributed by atoms with Gasteiger partial charge in [-0.15, -0.1) is 23.1 Å². The maximum Gasteiger partial charge on any atom is 0.337 e. The molecule has 2 N–H and O–H groups in total. The summed E-state index contributed by atoms with van der Waals surface area (Å²) in [6, 6.07) is 7.75. The van der Waals surface area contributed by atoms with Gasteiger partial charge in [-0.3, -0.25) is 0 Å². The van der Waals surface area contributed by atoms with E-state index in [2.05, 4.69) is 0 Å². The number of carbonyl (C=O) groups excluding carboxylic acids is 1. The van der Waals surface area contributed by atoms with E-state index in [9.17, 15) is 4.79 Å². The number of ether oxygens (including phenoxy) is 1. The Hall–Kier alpha value is -1.57. The Labute approximate surface area is 153 Å². The third kappa shape index (κ3) is 3.16. The van der Waals surface area contributed by atoms with Crippen molar-refractivity contribution in [3.63, 3.8) is 0 Å². The Morgan fingerprint density at radius 2 is 2.25 bits per heavy atom. The number of furan rings is 1.